The number of para-hydroxylation sites is 2. The third kappa shape index (κ3) is 3.48. The quantitative estimate of drug-likeness (QED) is 0.449. The molecular formula is C26H24N2O3. The van der Waals surface area contributed by atoms with Crippen LogP contribution in [0.1, 0.15) is 23.9 Å². The van der Waals surface area contributed by atoms with E-state index < -0.39 is 5.97 Å². The van der Waals surface area contributed by atoms with E-state index in [2.05, 4.69) is 4.57 Å². The minimum Gasteiger partial charge on any atom is -0.465 e. The number of esters is 1. The maximum absolute atomic E-state index is 13.4. The van der Waals surface area contributed by atoms with E-state index >= 15 is 0 Å². The monoisotopic (exact) mass is 412 g/mol. The van der Waals surface area contributed by atoms with E-state index in [4.69, 9.17) is 4.74 Å². The van der Waals surface area contributed by atoms with Crippen LogP contribution in [0.15, 0.2) is 83.6 Å². The van der Waals surface area contributed by atoms with Crippen molar-refractivity contribution in [1.29, 1.82) is 0 Å². The highest BCUT2D eigenvalue weighted by atomic mass is 16.5. The van der Waals surface area contributed by atoms with E-state index in [9.17, 15) is 9.59 Å². The molecule has 0 saturated heterocycles. The first-order chi connectivity index (χ1) is 14.9. The molecule has 0 atom stereocenters. The SMILES string of the molecule is COC(=O)C1=C(C)N(c2ccccc2)C(=O)C1=Cc1cc(C)n(-c2ccccc2)c1C. The second-order valence-electron chi connectivity index (χ2n) is 7.48. The van der Waals surface area contributed by atoms with E-state index in [1.165, 1.54) is 7.11 Å². The van der Waals surface area contributed by atoms with Crippen LogP contribution in [-0.4, -0.2) is 23.6 Å². The van der Waals surface area contributed by atoms with Crippen molar-refractivity contribution in [2.45, 2.75) is 20.8 Å². The number of amides is 1. The highest BCUT2D eigenvalue weighted by molar-refractivity contribution is 6.23. The summed E-state index contributed by atoms with van der Waals surface area (Å²) in [5.74, 6) is -0.763. The van der Waals surface area contributed by atoms with E-state index in [-0.39, 0.29) is 5.91 Å². The zero-order valence-corrected chi connectivity index (χ0v) is 18.0. The number of benzene rings is 2. The lowest BCUT2D eigenvalue weighted by Gasteiger charge is -2.17. The van der Waals surface area contributed by atoms with Gasteiger partial charge in [-0.25, -0.2) is 4.79 Å². The van der Waals surface area contributed by atoms with Gasteiger partial charge in [-0.15, -0.1) is 0 Å². The molecule has 5 nitrogen and oxygen atoms in total. The number of hydrogen-bond acceptors (Lipinski definition) is 3. The van der Waals surface area contributed by atoms with Crippen LogP contribution in [0, 0.1) is 13.8 Å². The lowest BCUT2D eigenvalue weighted by Crippen LogP contribution is -2.24. The smallest absolute Gasteiger partial charge is 0.340 e. The van der Waals surface area contributed by atoms with Crippen LogP contribution in [0.25, 0.3) is 11.8 Å². The predicted octanol–water partition coefficient (Wildman–Crippen LogP) is 4.97. The Labute approximate surface area is 181 Å². The number of carbonyl (C=O) groups excluding carboxylic acids is 2. The molecule has 1 aromatic heterocycles. The number of hydrogen-bond donors (Lipinski definition) is 0. The van der Waals surface area contributed by atoms with Crippen LogP contribution >= 0.6 is 0 Å². The van der Waals surface area contributed by atoms with E-state index in [0.29, 0.717) is 22.5 Å². The maximum Gasteiger partial charge on any atom is 0.340 e. The molecule has 2 heterocycles. The topological polar surface area (TPSA) is 51.5 Å². The number of ether oxygens (including phenoxy) is 1. The molecule has 1 amide bonds. The number of methoxy groups -OCH3 is 1. The van der Waals surface area contributed by atoms with Crippen molar-refractivity contribution in [3.05, 3.63) is 101 Å². The van der Waals surface area contributed by atoms with Gasteiger partial charge in [0.25, 0.3) is 5.91 Å². The molecule has 0 N–H and O–H groups in total. The van der Waals surface area contributed by atoms with Gasteiger partial charge < -0.3 is 9.30 Å². The largest absolute Gasteiger partial charge is 0.465 e. The molecule has 2 aromatic carbocycles. The molecule has 31 heavy (non-hydrogen) atoms. The van der Waals surface area contributed by atoms with E-state index in [1.807, 2.05) is 80.6 Å². The van der Waals surface area contributed by atoms with Crippen molar-refractivity contribution in [3.63, 3.8) is 0 Å². The van der Waals surface area contributed by atoms with E-state index in [0.717, 1.165) is 22.6 Å². The third-order valence-electron chi connectivity index (χ3n) is 5.59. The van der Waals surface area contributed by atoms with Crippen LogP contribution in [0.5, 0.6) is 0 Å². The fourth-order valence-electron chi connectivity index (χ4n) is 4.13. The summed E-state index contributed by atoms with van der Waals surface area (Å²) < 4.78 is 7.15. The summed E-state index contributed by atoms with van der Waals surface area (Å²) in [5.41, 5.74) is 5.86. The zero-order chi connectivity index (χ0) is 22.1. The van der Waals surface area contributed by atoms with Crippen LogP contribution in [0.3, 0.4) is 0 Å². The van der Waals surface area contributed by atoms with Gasteiger partial charge in [0.2, 0.25) is 0 Å². The Morgan fingerprint density at radius 1 is 0.903 bits per heavy atom. The van der Waals surface area contributed by atoms with Gasteiger partial charge in [-0.3, -0.25) is 9.69 Å². The second kappa shape index (κ2) is 8.11. The number of carbonyl (C=O) groups is 2. The summed E-state index contributed by atoms with van der Waals surface area (Å²) in [6.07, 6.45) is 1.79. The van der Waals surface area contributed by atoms with Crippen molar-refractivity contribution in [1.82, 2.24) is 4.57 Å². The van der Waals surface area contributed by atoms with Crippen LogP contribution in [0.2, 0.25) is 0 Å². The number of allylic oxidation sites excluding steroid dienone is 1. The van der Waals surface area contributed by atoms with Crippen LogP contribution in [0.4, 0.5) is 5.69 Å². The van der Waals surface area contributed by atoms with Crippen LogP contribution in [-0.2, 0) is 14.3 Å². The Bertz CT molecular complexity index is 1220. The zero-order valence-electron chi connectivity index (χ0n) is 18.0. The van der Waals surface area contributed by atoms with Crippen molar-refractivity contribution < 1.29 is 14.3 Å². The molecule has 0 radical (unpaired) electrons. The number of aryl methyl sites for hydroxylation is 1. The summed E-state index contributed by atoms with van der Waals surface area (Å²) in [4.78, 5) is 27.6. The maximum atomic E-state index is 13.4. The highest BCUT2D eigenvalue weighted by Gasteiger charge is 2.38. The van der Waals surface area contributed by atoms with Crippen LogP contribution < -0.4 is 4.90 Å². The van der Waals surface area contributed by atoms with Crippen molar-refractivity contribution in [2.75, 3.05) is 12.0 Å². The Morgan fingerprint density at radius 2 is 1.48 bits per heavy atom. The normalized spacial score (nSPS) is 15.2. The number of nitrogens with zero attached hydrogens (tertiary/aromatic N) is 2. The Morgan fingerprint density at radius 3 is 2.06 bits per heavy atom. The highest BCUT2D eigenvalue weighted by Crippen LogP contribution is 2.36. The minimum atomic E-state index is -0.521. The molecule has 1 aliphatic rings. The first-order valence-corrected chi connectivity index (χ1v) is 10.1. The lowest BCUT2D eigenvalue weighted by atomic mass is 10.0. The number of aromatic nitrogens is 1. The summed E-state index contributed by atoms with van der Waals surface area (Å²) in [6, 6.07) is 21.4. The molecule has 0 unspecified atom stereocenters. The van der Waals surface area contributed by atoms with Crippen molar-refractivity contribution >= 4 is 23.6 Å². The first-order valence-electron chi connectivity index (χ1n) is 10.1. The Kier molecular flexibility index (Phi) is 5.34. The third-order valence-corrected chi connectivity index (χ3v) is 5.59. The van der Waals surface area contributed by atoms with E-state index in [1.54, 1.807) is 17.9 Å². The molecule has 0 spiro atoms. The van der Waals surface area contributed by atoms with Gasteiger partial charge in [-0.2, -0.15) is 0 Å². The molecule has 1 aliphatic heterocycles. The number of anilines is 1. The first kappa shape index (κ1) is 20.4. The van der Waals surface area contributed by atoms with Crippen molar-refractivity contribution in [3.8, 4) is 5.69 Å². The second-order valence-corrected chi connectivity index (χ2v) is 7.48. The van der Waals surface area contributed by atoms with Crippen molar-refractivity contribution in [2.24, 2.45) is 0 Å². The van der Waals surface area contributed by atoms with Gasteiger partial charge in [0.1, 0.15) is 0 Å². The Balaban J connectivity index is 1.85. The summed E-state index contributed by atoms with van der Waals surface area (Å²) in [5, 5.41) is 0. The summed E-state index contributed by atoms with van der Waals surface area (Å²) in [7, 11) is 1.33. The molecule has 4 rings (SSSR count). The molecule has 0 aliphatic carbocycles. The molecule has 156 valence electrons. The Hall–Kier alpha value is -3.86. The average Bonchev–Trinajstić information content (AvgIpc) is 3.20. The van der Waals surface area contributed by atoms with Gasteiger partial charge in [0, 0.05) is 28.5 Å². The average molecular weight is 412 g/mol. The van der Waals surface area contributed by atoms with Gasteiger partial charge >= 0.3 is 5.97 Å². The predicted molar refractivity (Wildman–Crippen MR) is 122 cm³/mol. The van der Waals surface area contributed by atoms with Gasteiger partial charge in [0.05, 0.1) is 18.3 Å². The minimum absolute atomic E-state index is 0.242. The fraction of sp³-hybridized carbons (Fsp3) is 0.154. The molecule has 5 heteroatoms. The molecule has 0 saturated carbocycles. The van der Waals surface area contributed by atoms with Gasteiger partial charge in [0.15, 0.2) is 0 Å². The summed E-state index contributed by atoms with van der Waals surface area (Å²) >= 11 is 0. The molecule has 3 aromatic rings. The standard InChI is InChI=1S/C26H24N2O3/c1-17-15-20(18(2)27(17)21-11-7-5-8-12-21)16-23-24(26(30)31-4)19(3)28(25(23)29)22-13-9-6-10-14-22/h5-16H,1-4H3. The van der Waals surface area contributed by atoms with Gasteiger partial charge in [-0.1, -0.05) is 36.4 Å². The number of rotatable bonds is 4. The lowest BCUT2D eigenvalue weighted by molar-refractivity contribution is -0.136. The molecule has 0 bridgehead atoms. The van der Waals surface area contributed by atoms with Gasteiger partial charge in [-0.05, 0) is 62.7 Å². The fourth-order valence-corrected chi connectivity index (χ4v) is 4.13. The molecular weight excluding hydrogens is 388 g/mol. The summed E-state index contributed by atoms with van der Waals surface area (Å²) in [6.45, 7) is 5.80. The molecule has 0 fully saturated rings.